The number of aromatic nitrogens is 2. The normalized spacial score (nSPS) is 30.3. The quantitative estimate of drug-likeness (QED) is 0.714. The molecule has 3 aliphatic rings. The summed E-state index contributed by atoms with van der Waals surface area (Å²) < 4.78 is 14.9. The summed E-state index contributed by atoms with van der Waals surface area (Å²) in [5.74, 6) is 0.847. The minimum Gasteiger partial charge on any atom is -0.507 e. The van der Waals surface area contributed by atoms with Gasteiger partial charge in [0.25, 0.3) is 0 Å². The first-order chi connectivity index (χ1) is 14.5. The van der Waals surface area contributed by atoms with Crippen LogP contribution in [-0.4, -0.2) is 58.9 Å². The highest BCUT2D eigenvalue weighted by Gasteiger charge is 2.43. The lowest BCUT2D eigenvalue weighted by Crippen LogP contribution is -2.55. The van der Waals surface area contributed by atoms with Crippen LogP contribution in [0.4, 0.5) is 10.2 Å². The number of nitrogens with one attached hydrogen (secondary N) is 2. The van der Waals surface area contributed by atoms with E-state index in [0.717, 1.165) is 24.8 Å². The average molecular weight is 411 g/mol. The van der Waals surface area contributed by atoms with Gasteiger partial charge < -0.3 is 20.6 Å². The number of hydrogen-bond donors (Lipinski definition) is 3. The zero-order chi connectivity index (χ0) is 20.8. The van der Waals surface area contributed by atoms with Gasteiger partial charge in [-0.2, -0.15) is 0 Å². The van der Waals surface area contributed by atoms with Crippen molar-refractivity contribution in [2.24, 2.45) is 0 Å². The van der Waals surface area contributed by atoms with Crippen molar-refractivity contribution in [1.82, 2.24) is 20.6 Å². The first kappa shape index (κ1) is 19.2. The summed E-state index contributed by atoms with van der Waals surface area (Å²) in [6, 6.07) is 5.52. The Bertz CT molecular complexity index is 953. The maximum atomic E-state index is 14.9. The average Bonchev–Trinajstić information content (AvgIpc) is 3.37. The zero-order valence-electron chi connectivity index (χ0n) is 16.9. The van der Waals surface area contributed by atoms with E-state index in [1.165, 1.54) is 0 Å². The molecule has 8 heteroatoms. The molecule has 2 aromatic rings. The second-order valence-corrected chi connectivity index (χ2v) is 8.65. The second-order valence-electron chi connectivity index (χ2n) is 8.65. The van der Waals surface area contributed by atoms with Crippen molar-refractivity contribution in [3.05, 3.63) is 36.2 Å². The third-order valence-electron chi connectivity index (χ3n) is 6.80. The van der Waals surface area contributed by atoms with E-state index in [4.69, 9.17) is 0 Å². The Hall–Kier alpha value is -2.74. The highest BCUT2D eigenvalue weighted by molar-refractivity contribution is 5.79. The second kappa shape index (κ2) is 7.50. The standard InChI is InChI=1S/C22H26FN5O2/c1-28(18-8-14-3-5-16(27-14)22(18)23)20-11-24-17(10-25-20)15-4-2-12(6-19(15)29)13-7-21(30)26-9-13/h2,4,6,10-11,13-14,16,18,22,27,29H,3,5,7-9H2,1H3,(H,26,30)/t13-,14-,16+,18-,22+/m1/s1. The summed E-state index contributed by atoms with van der Waals surface area (Å²) in [6.45, 7) is 0.590. The number of aromatic hydroxyl groups is 1. The zero-order valence-corrected chi connectivity index (χ0v) is 16.9. The summed E-state index contributed by atoms with van der Waals surface area (Å²) in [5.41, 5.74) is 2.06. The van der Waals surface area contributed by atoms with E-state index in [9.17, 15) is 14.3 Å². The Kier molecular flexibility index (Phi) is 4.81. The van der Waals surface area contributed by atoms with Crippen molar-refractivity contribution in [2.75, 3.05) is 18.5 Å². The fraction of sp³-hybridized carbons (Fsp3) is 0.500. The van der Waals surface area contributed by atoms with Gasteiger partial charge in [0, 0.05) is 43.6 Å². The number of phenolic OH excluding ortho intramolecular Hbond substituents is 1. The Morgan fingerprint density at radius 1 is 1.23 bits per heavy atom. The molecule has 0 aliphatic carbocycles. The summed E-state index contributed by atoms with van der Waals surface area (Å²) in [4.78, 5) is 22.3. The van der Waals surface area contributed by atoms with Gasteiger partial charge in [0.1, 0.15) is 17.7 Å². The predicted octanol–water partition coefficient (Wildman–Crippen LogP) is 2.12. The van der Waals surface area contributed by atoms with Gasteiger partial charge >= 0.3 is 0 Å². The maximum absolute atomic E-state index is 14.9. The monoisotopic (exact) mass is 411 g/mol. The molecule has 1 aromatic heterocycles. The largest absolute Gasteiger partial charge is 0.507 e. The molecule has 0 radical (unpaired) electrons. The summed E-state index contributed by atoms with van der Waals surface area (Å²) >= 11 is 0. The molecule has 7 nitrogen and oxygen atoms in total. The van der Waals surface area contributed by atoms with Crippen molar-refractivity contribution in [1.29, 1.82) is 0 Å². The van der Waals surface area contributed by atoms with E-state index in [1.807, 2.05) is 24.1 Å². The molecule has 0 unspecified atom stereocenters. The Morgan fingerprint density at radius 3 is 2.80 bits per heavy atom. The van der Waals surface area contributed by atoms with Gasteiger partial charge in [0.2, 0.25) is 5.91 Å². The van der Waals surface area contributed by atoms with Crippen molar-refractivity contribution in [2.45, 2.75) is 55.9 Å². The van der Waals surface area contributed by atoms with Crippen molar-refractivity contribution < 1.29 is 14.3 Å². The topological polar surface area (TPSA) is 90.4 Å². The van der Waals surface area contributed by atoms with Crippen LogP contribution in [0.25, 0.3) is 11.3 Å². The van der Waals surface area contributed by atoms with Gasteiger partial charge in [-0.15, -0.1) is 0 Å². The molecule has 5 rings (SSSR count). The first-order valence-corrected chi connectivity index (χ1v) is 10.5. The highest BCUT2D eigenvalue weighted by atomic mass is 19.1. The van der Waals surface area contributed by atoms with Gasteiger partial charge in [-0.1, -0.05) is 6.07 Å². The van der Waals surface area contributed by atoms with Crippen molar-refractivity contribution >= 4 is 11.7 Å². The van der Waals surface area contributed by atoms with Crippen LogP contribution in [0, 0.1) is 0 Å². The van der Waals surface area contributed by atoms with E-state index in [0.29, 0.717) is 36.1 Å². The molecule has 3 fully saturated rings. The number of carbonyl (C=O) groups is 1. The van der Waals surface area contributed by atoms with Crippen LogP contribution >= 0.6 is 0 Å². The van der Waals surface area contributed by atoms with E-state index in [-0.39, 0.29) is 29.7 Å². The van der Waals surface area contributed by atoms with Gasteiger partial charge in [-0.3, -0.25) is 9.78 Å². The van der Waals surface area contributed by atoms with Gasteiger partial charge in [-0.05, 0) is 37.0 Å². The molecule has 3 saturated heterocycles. The fourth-order valence-corrected chi connectivity index (χ4v) is 5.02. The number of anilines is 1. The van der Waals surface area contributed by atoms with Crippen LogP contribution in [0.5, 0.6) is 5.75 Å². The SMILES string of the molecule is CN(c1cnc(-c2ccc([C@H]3CNC(=O)C3)cc2O)cn1)[C@@H]1C[C@H]2CC[C@H](N2)[C@@H]1F. The van der Waals surface area contributed by atoms with Crippen LogP contribution in [0.2, 0.25) is 0 Å². The fourth-order valence-electron chi connectivity index (χ4n) is 5.02. The molecule has 1 amide bonds. The van der Waals surface area contributed by atoms with Crippen LogP contribution in [0.15, 0.2) is 30.6 Å². The number of alkyl halides is 1. The number of phenols is 1. The van der Waals surface area contributed by atoms with E-state index < -0.39 is 6.17 Å². The maximum Gasteiger partial charge on any atom is 0.220 e. The Balaban J connectivity index is 1.33. The third-order valence-corrected chi connectivity index (χ3v) is 6.80. The molecule has 158 valence electrons. The number of fused-ring (bicyclic) bond motifs is 2. The smallest absolute Gasteiger partial charge is 0.220 e. The molecule has 1 aromatic carbocycles. The lowest BCUT2D eigenvalue weighted by atomic mass is 9.96. The highest BCUT2D eigenvalue weighted by Crippen LogP contribution is 2.35. The summed E-state index contributed by atoms with van der Waals surface area (Å²) in [6.07, 6.45) is 5.44. The Labute approximate surface area is 174 Å². The number of hydrogen-bond acceptors (Lipinski definition) is 6. The third kappa shape index (κ3) is 3.39. The number of benzene rings is 1. The van der Waals surface area contributed by atoms with Gasteiger partial charge in [-0.25, -0.2) is 9.37 Å². The number of nitrogens with zero attached hydrogens (tertiary/aromatic N) is 3. The van der Waals surface area contributed by atoms with E-state index in [2.05, 4.69) is 20.6 Å². The minimum atomic E-state index is -0.927. The number of amides is 1. The number of piperidine rings is 1. The van der Waals surface area contributed by atoms with E-state index in [1.54, 1.807) is 18.5 Å². The van der Waals surface area contributed by atoms with Gasteiger partial charge in [0.05, 0.1) is 24.1 Å². The molecule has 5 atom stereocenters. The van der Waals surface area contributed by atoms with E-state index >= 15 is 0 Å². The summed E-state index contributed by atoms with van der Waals surface area (Å²) in [5, 5.41) is 16.7. The molecular weight excluding hydrogens is 385 g/mol. The van der Waals surface area contributed by atoms with Crippen LogP contribution in [-0.2, 0) is 4.79 Å². The predicted molar refractivity (Wildman–Crippen MR) is 111 cm³/mol. The Morgan fingerprint density at radius 2 is 2.10 bits per heavy atom. The first-order valence-electron chi connectivity index (χ1n) is 10.5. The summed E-state index contributed by atoms with van der Waals surface area (Å²) in [7, 11) is 1.87. The number of halogens is 1. The van der Waals surface area contributed by atoms with Crippen molar-refractivity contribution in [3.63, 3.8) is 0 Å². The minimum absolute atomic E-state index is 0.0337. The number of rotatable bonds is 4. The molecule has 0 saturated carbocycles. The molecule has 30 heavy (non-hydrogen) atoms. The molecule has 4 heterocycles. The van der Waals surface area contributed by atoms with Crippen LogP contribution in [0.1, 0.15) is 37.2 Å². The van der Waals surface area contributed by atoms with Crippen molar-refractivity contribution in [3.8, 4) is 17.0 Å². The molecule has 0 spiro atoms. The lowest BCUT2D eigenvalue weighted by molar-refractivity contribution is -0.119. The number of carbonyl (C=O) groups excluding carboxylic acids is 1. The van der Waals surface area contributed by atoms with Gasteiger partial charge in [0.15, 0.2) is 0 Å². The lowest BCUT2D eigenvalue weighted by Gasteiger charge is -2.38. The van der Waals surface area contributed by atoms with Crippen LogP contribution in [0.3, 0.4) is 0 Å². The molecule has 3 aliphatic heterocycles. The van der Waals surface area contributed by atoms with Crippen LogP contribution < -0.4 is 15.5 Å². The molecule has 3 N–H and O–H groups in total. The molecule has 2 bridgehead atoms. The molecular formula is C22H26FN5O2.